The molecule has 3 aromatic rings. The van der Waals surface area contributed by atoms with Crippen LogP contribution in [-0.4, -0.2) is 181 Å². The maximum Gasteiger partial charge on any atom is 0.255 e. The highest BCUT2D eigenvalue weighted by Crippen LogP contribution is 2.36. The first-order valence-electron chi connectivity index (χ1n) is 19.2. The summed E-state index contributed by atoms with van der Waals surface area (Å²) in [6.45, 7) is -3.59. The van der Waals surface area contributed by atoms with Crippen molar-refractivity contribution in [2.75, 3.05) is 56.6 Å². The Labute approximate surface area is 411 Å². The quantitative estimate of drug-likeness (QED) is 0.0404. The van der Waals surface area contributed by atoms with Gasteiger partial charge in [-0.25, -0.2) is 0 Å². The van der Waals surface area contributed by atoms with Crippen molar-refractivity contribution in [1.82, 2.24) is 21.3 Å². The molecule has 0 saturated heterocycles. The van der Waals surface area contributed by atoms with Gasteiger partial charge < -0.3 is 88.7 Å². The van der Waals surface area contributed by atoms with Gasteiger partial charge in [0.05, 0.1) is 55.9 Å². The molecule has 23 nitrogen and oxygen atoms in total. The number of halogens is 3. The maximum absolute atomic E-state index is 13.7. The monoisotopic (exact) mass is 1250 g/mol. The van der Waals surface area contributed by atoms with Gasteiger partial charge in [0, 0.05) is 52.1 Å². The van der Waals surface area contributed by atoms with E-state index in [2.05, 4.69) is 31.9 Å². The van der Waals surface area contributed by atoms with Crippen molar-refractivity contribution in [2.24, 2.45) is 5.73 Å². The first-order chi connectivity index (χ1) is 30.7. The van der Waals surface area contributed by atoms with E-state index in [0.29, 0.717) is 0 Å². The smallest absolute Gasteiger partial charge is 0.255 e. The lowest BCUT2D eigenvalue weighted by atomic mass is 10.0. The number of rotatable bonds is 23. The van der Waals surface area contributed by atoms with Gasteiger partial charge in [-0.3, -0.25) is 28.8 Å². The molecule has 26 heteroatoms. The minimum atomic E-state index is -2.04. The zero-order valence-electron chi connectivity index (χ0n) is 33.8. The van der Waals surface area contributed by atoms with Gasteiger partial charge in [0.1, 0.15) is 36.6 Å². The van der Waals surface area contributed by atoms with E-state index < -0.39 is 117 Å². The first kappa shape index (κ1) is 55.6. The van der Waals surface area contributed by atoms with Gasteiger partial charge in [-0.05, 0) is 104 Å². The highest BCUT2D eigenvalue weighted by Gasteiger charge is 2.34. The topological polar surface area (TPSA) is 403 Å². The molecule has 65 heavy (non-hydrogen) atoms. The Morgan fingerprint density at radius 3 is 1.43 bits per heavy atom. The molecule has 0 aliphatic carbocycles. The van der Waals surface area contributed by atoms with E-state index in [0.717, 1.165) is 0 Å². The predicted octanol–water partition coefficient (Wildman–Crippen LogP) is -3.86. The highest BCUT2D eigenvalue weighted by atomic mass is 127. The second kappa shape index (κ2) is 26.5. The van der Waals surface area contributed by atoms with Gasteiger partial charge in [0.2, 0.25) is 5.91 Å². The first-order valence-corrected chi connectivity index (χ1v) is 22.4. The molecule has 3 aromatic carbocycles. The molecule has 356 valence electrons. The van der Waals surface area contributed by atoms with Crippen LogP contribution in [0.3, 0.4) is 0 Å². The molecule has 6 amide bonds. The van der Waals surface area contributed by atoms with E-state index in [1.807, 2.05) is 0 Å². The largest absolute Gasteiger partial charge is 0.394 e. The Hall–Kier alpha value is -3.77. The van der Waals surface area contributed by atoms with Crippen molar-refractivity contribution < 1.29 is 79.8 Å². The Morgan fingerprint density at radius 2 is 0.954 bits per heavy atom. The number of hydrogen-bond donors (Lipinski definition) is 17. The highest BCUT2D eigenvalue weighted by molar-refractivity contribution is 14.1. The van der Waals surface area contributed by atoms with E-state index in [9.17, 15) is 69.6 Å². The lowest BCUT2D eigenvalue weighted by Gasteiger charge is -2.26. The predicted molar refractivity (Wildman–Crippen MR) is 255 cm³/mol. The molecular weight excluding hydrogens is 1200 g/mol. The van der Waals surface area contributed by atoms with Crippen LogP contribution in [-0.2, 0) is 4.79 Å². The number of anilines is 2. The number of aliphatic hydroxyl groups excluding tert-OH is 10. The fourth-order valence-corrected chi connectivity index (χ4v) is 10.0. The summed E-state index contributed by atoms with van der Waals surface area (Å²) in [5.41, 5.74) is 5.37. The fraction of sp³-hybridized carbons (Fsp3) is 0.385. The Kier molecular flexibility index (Phi) is 22.7. The Balaban J connectivity index is 1.85. The van der Waals surface area contributed by atoms with Crippen LogP contribution in [0.15, 0.2) is 48.5 Å². The fourth-order valence-electron chi connectivity index (χ4n) is 5.59. The van der Waals surface area contributed by atoms with Crippen LogP contribution >= 0.6 is 67.8 Å². The molecule has 0 aromatic heterocycles. The lowest BCUT2D eigenvalue weighted by molar-refractivity contribution is -0.115. The van der Waals surface area contributed by atoms with Crippen LogP contribution in [0.4, 0.5) is 11.4 Å². The van der Waals surface area contributed by atoms with Gasteiger partial charge >= 0.3 is 0 Å². The summed E-state index contributed by atoms with van der Waals surface area (Å²) < 4.78 is -0.00257. The van der Waals surface area contributed by atoms with Crippen molar-refractivity contribution in [3.63, 3.8) is 0 Å². The molecule has 0 aliphatic heterocycles. The Morgan fingerprint density at radius 1 is 0.523 bits per heavy atom. The zero-order chi connectivity index (χ0) is 48.7. The SMILES string of the molecule is NCCNC(=O)c1cccc(C(=O)Nc2cccc(C(=O)NCC(=O)Nc3c(I)c(C(=O)NCC(O)C(O)C(O)C(O)CO)c(I)c(C(=O)NCC(O)C(O)C(O)C(O)CO)c3I)c2)c1. The molecule has 0 heterocycles. The second-order valence-corrected chi connectivity index (χ2v) is 17.2. The van der Waals surface area contributed by atoms with E-state index in [1.54, 1.807) is 67.8 Å². The van der Waals surface area contributed by atoms with Crippen LogP contribution in [0.25, 0.3) is 0 Å². The summed E-state index contributed by atoms with van der Waals surface area (Å²) in [5, 5.41) is 114. The summed E-state index contributed by atoms with van der Waals surface area (Å²) in [6.07, 6.45) is -15.5. The van der Waals surface area contributed by atoms with Gasteiger partial charge in [-0.15, -0.1) is 0 Å². The van der Waals surface area contributed by atoms with Crippen LogP contribution in [0.2, 0.25) is 0 Å². The average Bonchev–Trinajstić information content (AvgIpc) is 3.30. The van der Waals surface area contributed by atoms with Gasteiger partial charge in [-0.1, -0.05) is 12.1 Å². The number of carbonyl (C=O) groups excluding carboxylic acids is 6. The van der Waals surface area contributed by atoms with E-state index in [1.165, 1.54) is 48.5 Å². The molecule has 18 N–H and O–H groups in total. The number of amides is 6. The summed E-state index contributed by atoms with van der Waals surface area (Å²) in [7, 11) is 0. The maximum atomic E-state index is 13.7. The molecule has 0 bridgehead atoms. The molecule has 0 aliphatic rings. The molecule has 0 fully saturated rings. The van der Waals surface area contributed by atoms with Crippen molar-refractivity contribution in [1.29, 1.82) is 0 Å². The van der Waals surface area contributed by atoms with Gasteiger partial charge in [0.15, 0.2) is 0 Å². The molecule has 0 spiro atoms. The molecule has 3 rings (SSSR count). The summed E-state index contributed by atoms with van der Waals surface area (Å²) in [6, 6.07) is 11.6. The van der Waals surface area contributed by atoms with Crippen LogP contribution in [0.1, 0.15) is 51.8 Å². The number of aliphatic hydroxyl groups is 10. The summed E-state index contributed by atoms with van der Waals surface area (Å²) in [5.74, 6) is -4.60. The van der Waals surface area contributed by atoms with Crippen molar-refractivity contribution in [2.45, 2.75) is 48.8 Å². The lowest BCUT2D eigenvalue weighted by Crippen LogP contribution is -2.50. The number of nitrogens with one attached hydrogen (secondary N) is 6. The van der Waals surface area contributed by atoms with E-state index in [4.69, 9.17) is 15.9 Å². The minimum Gasteiger partial charge on any atom is -0.394 e. The van der Waals surface area contributed by atoms with Crippen LogP contribution in [0, 0.1) is 10.7 Å². The second-order valence-electron chi connectivity index (χ2n) is 14.0. The number of benzene rings is 3. The number of hydrogen-bond acceptors (Lipinski definition) is 17. The van der Waals surface area contributed by atoms with Crippen LogP contribution < -0.4 is 37.6 Å². The molecule has 0 radical (unpaired) electrons. The average molecular weight is 1250 g/mol. The van der Waals surface area contributed by atoms with Crippen molar-refractivity contribution in [3.05, 3.63) is 87.1 Å². The van der Waals surface area contributed by atoms with E-state index >= 15 is 0 Å². The molecular formula is C39H48I3N7O16. The third-order valence-electron chi connectivity index (χ3n) is 9.24. The minimum absolute atomic E-state index is 0.0256. The molecule has 0 saturated carbocycles. The van der Waals surface area contributed by atoms with Crippen molar-refractivity contribution >= 4 is 115 Å². The molecule has 8 atom stereocenters. The van der Waals surface area contributed by atoms with Gasteiger partial charge in [-0.2, -0.15) is 0 Å². The Bertz CT molecular complexity index is 2120. The normalized spacial score (nSPS) is 14.9. The standard InChI is InChI=1S/C39H48I3N7O16/c40-27-25(38(64)45-11-20(52)31(57)33(59)22(54)14-50)28(41)30(29(42)26(27)39(65)46-12-21(53)32(58)34(60)23(55)15-51)49-24(56)13-47-36(62)18-5-2-6-19(10-18)48-37(63)17-4-1-3-16(9-17)35(61)44-8-7-43/h1-6,9-10,20-23,31-34,50-55,57-60H,7-8,11-15,43H2,(H,44,61)(H,45,64)(H,46,65)(H,47,62)(H,48,63)(H,49,56). The summed E-state index contributed by atoms with van der Waals surface area (Å²) >= 11 is 5.02. The van der Waals surface area contributed by atoms with Gasteiger partial charge in [0.25, 0.3) is 29.5 Å². The third kappa shape index (κ3) is 15.4. The van der Waals surface area contributed by atoms with Crippen molar-refractivity contribution in [3.8, 4) is 0 Å². The summed E-state index contributed by atoms with van der Waals surface area (Å²) in [4.78, 5) is 79.3. The number of carbonyl (C=O) groups is 6. The number of nitrogens with two attached hydrogens (primary N) is 1. The third-order valence-corrected chi connectivity index (χ3v) is 12.5. The zero-order valence-corrected chi connectivity index (χ0v) is 40.3. The molecule has 8 unspecified atom stereocenters. The van der Waals surface area contributed by atoms with Crippen LogP contribution in [0.5, 0.6) is 0 Å². The van der Waals surface area contributed by atoms with E-state index in [-0.39, 0.29) is 63.0 Å².